The molecule has 21 heavy (non-hydrogen) atoms. The second-order valence-electron chi connectivity index (χ2n) is 5.68. The summed E-state index contributed by atoms with van der Waals surface area (Å²) in [6.07, 6.45) is 9.12. The lowest BCUT2D eigenvalue weighted by atomic mass is 10.0. The molecule has 1 aromatic carbocycles. The lowest BCUT2D eigenvalue weighted by Crippen LogP contribution is -2.00. The molecule has 0 spiro atoms. The van der Waals surface area contributed by atoms with E-state index in [1.165, 1.54) is 25.7 Å². The van der Waals surface area contributed by atoms with E-state index in [1.54, 1.807) is 12.1 Å². The highest BCUT2D eigenvalue weighted by Crippen LogP contribution is 2.19. The molecule has 0 heterocycles. The van der Waals surface area contributed by atoms with E-state index >= 15 is 0 Å². The molecule has 3 heteroatoms. The Labute approximate surface area is 128 Å². The van der Waals surface area contributed by atoms with Gasteiger partial charge in [-0.1, -0.05) is 45.1 Å². The van der Waals surface area contributed by atoms with E-state index in [1.807, 2.05) is 6.07 Å². The third-order valence-corrected chi connectivity index (χ3v) is 3.82. The van der Waals surface area contributed by atoms with Crippen LogP contribution >= 0.6 is 0 Å². The van der Waals surface area contributed by atoms with Gasteiger partial charge in [0, 0.05) is 18.4 Å². The number of aromatic hydroxyl groups is 1. The van der Waals surface area contributed by atoms with E-state index in [0.29, 0.717) is 30.6 Å². The van der Waals surface area contributed by atoms with Crippen molar-refractivity contribution in [2.45, 2.75) is 71.3 Å². The van der Waals surface area contributed by atoms with Gasteiger partial charge in [-0.25, -0.2) is 0 Å². The number of aryl methyl sites for hydroxylation is 1. The molecule has 1 rings (SSSR count). The van der Waals surface area contributed by atoms with Crippen LogP contribution in [0.1, 0.15) is 69.4 Å². The van der Waals surface area contributed by atoms with Crippen molar-refractivity contribution in [2.75, 3.05) is 0 Å². The van der Waals surface area contributed by atoms with Crippen molar-refractivity contribution >= 4 is 5.78 Å². The predicted molar refractivity (Wildman–Crippen MR) is 85.4 cm³/mol. The van der Waals surface area contributed by atoms with Gasteiger partial charge in [0.05, 0.1) is 6.61 Å². The molecular formula is C18H28O3. The van der Waals surface area contributed by atoms with Gasteiger partial charge < -0.3 is 10.2 Å². The predicted octanol–water partition coefficient (Wildman–Crippen LogP) is 4.14. The second kappa shape index (κ2) is 10.4. The summed E-state index contributed by atoms with van der Waals surface area (Å²) in [6, 6.07) is 5.17. The molecule has 0 aliphatic heterocycles. The van der Waals surface area contributed by atoms with Crippen molar-refractivity contribution in [3.05, 3.63) is 29.3 Å². The van der Waals surface area contributed by atoms with Crippen LogP contribution in [0.3, 0.4) is 0 Å². The molecule has 0 saturated carbocycles. The largest absolute Gasteiger partial charge is 0.508 e. The van der Waals surface area contributed by atoms with Crippen LogP contribution in [-0.2, 0) is 17.8 Å². The van der Waals surface area contributed by atoms with Crippen LogP contribution in [0.4, 0.5) is 0 Å². The number of carbonyl (C=O) groups excluding carboxylic acids is 1. The van der Waals surface area contributed by atoms with Crippen LogP contribution in [0.15, 0.2) is 18.2 Å². The highest BCUT2D eigenvalue weighted by Gasteiger charge is 2.05. The molecule has 0 saturated heterocycles. The Morgan fingerprint density at radius 3 is 2.48 bits per heavy atom. The van der Waals surface area contributed by atoms with Gasteiger partial charge in [-0.2, -0.15) is 0 Å². The Hall–Kier alpha value is -1.35. The normalized spacial score (nSPS) is 10.8. The van der Waals surface area contributed by atoms with Crippen LogP contribution in [0, 0.1) is 0 Å². The minimum atomic E-state index is -0.175. The third-order valence-electron chi connectivity index (χ3n) is 3.82. The number of ketones is 1. The molecule has 0 fully saturated rings. The average molecular weight is 292 g/mol. The fourth-order valence-electron chi connectivity index (χ4n) is 2.43. The van der Waals surface area contributed by atoms with Crippen molar-refractivity contribution in [1.29, 1.82) is 0 Å². The highest BCUT2D eigenvalue weighted by molar-refractivity contribution is 5.78. The van der Waals surface area contributed by atoms with Crippen molar-refractivity contribution in [3.8, 4) is 5.75 Å². The number of hydrogen-bond acceptors (Lipinski definition) is 3. The van der Waals surface area contributed by atoms with E-state index < -0.39 is 0 Å². The Morgan fingerprint density at radius 2 is 1.76 bits per heavy atom. The first-order valence-electron chi connectivity index (χ1n) is 8.10. The summed E-state index contributed by atoms with van der Waals surface area (Å²) in [7, 11) is 0. The number of hydrogen-bond donors (Lipinski definition) is 2. The van der Waals surface area contributed by atoms with E-state index in [-0.39, 0.29) is 12.4 Å². The molecule has 0 amide bonds. The lowest BCUT2D eigenvalue weighted by Gasteiger charge is -2.06. The summed E-state index contributed by atoms with van der Waals surface area (Å²) < 4.78 is 0. The maximum Gasteiger partial charge on any atom is 0.133 e. The van der Waals surface area contributed by atoms with Crippen LogP contribution in [-0.4, -0.2) is 16.0 Å². The van der Waals surface area contributed by atoms with Gasteiger partial charge >= 0.3 is 0 Å². The summed E-state index contributed by atoms with van der Waals surface area (Å²) in [5.74, 6) is 0.420. The standard InChI is InChI=1S/C18H28O3/c1-2-3-4-5-6-7-8-17(20)11-9-15-10-12-18(21)16(13-15)14-19/h10,12-13,19,21H,2-9,11,14H2,1H3. The Kier molecular flexibility index (Phi) is 8.76. The number of rotatable bonds is 11. The van der Waals surface area contributed by atoms with Crippen LogP contribution < -0.4 is 0 Å². The van der Waals surface area contributed by atoms with Gasteiger partial charge in [0.25, 0.3) is 0 Å². The van der Waals surface area contributed by atoms with Gasteiger partial charge in [-0.15, -0.1) is 0 Å². The van der Waals surface area contributed by atoms with Gasteiger partial charge in [0.15, 0.2) is 0 Å². The van der Waals surface area contributed by atoms with Gasteiger partial charge in [-0.3, -0.25) is 4.79 Å². The Morgan fingerprint density at radius 1 is 1.05 bits per heavy atom. The van der Waals surface area contributed by atoms with Gasteiger partial charge in [-0.05, 0) is 30.5 Å². The van der Waals surface area contributed by atoms with Crippen molar-refractivity contribution in [1.82, 2.24) is 0 Å². The molecule has 2 N–H and O–H groups in total. The fourth-order valence-corrected chi connectivity index (χ4v) is 2.43. The van der Waals surface area contributed by atoms with Crippen molar-refractivity contribution in [3.63, 3.8) is 0 Å². The third kappa shape index (κ3) is 7.28. The second-order valence-corrected chi connectivity index (χ2v) is 5.68. The number of phenols is 1. The molecule has 1 aromatic rings. The van der Waals surface area contributed by atoms with Crippen LogP contribution in [0.25, 0.3) is 0 Å². The molecule has 0 radical (unpaired) electrons. The summed E-state index contributed by atoms with van der Waals surface area (Å²) in [4.78, 5) is 11.8. The maximum atomic E-state index is 11.8. The summed E-state index contributed by atoms with van der Waals surface area (Å²) >= 11 is 0. The van der Waals surface area contributed by atoms with E-state index in [9.17, 15) is 9.90 Å². The Balaban J connectivity index is 2.21. The summed E-state index contributed by atoms with van der Waals surface area (Å²) in [6.45, 7) is 2.03. The van der Waals surface area contributed by atoms with Gasteiger partial charge in [0.2, 0.25) is 0 Å². The maximum absolute atomic E-state index is 11.8. The monoisotopic (exact) mass is 292 g/mol. The molecule has 0 aromatic heterocycles. The fraction of sp³-hybridized carbons (Fsp3) is 0.611. The average Bonchev–Trinajstić information content (AvgIpc) is 2.50. The molecule has 3 nitrogen and oxygen atoms in total. The minimum absolute atomic E-state index is 0.111. The lowest BCUT2D eigenvalue weighted by molar-refractivity contribution is -0.119. The summed E-state index contributed by atoms with van der Waals surface area (Å²) in [5, 5.41) is 18.6. The number of carbonyl (C=O) groups is 1. The van der Waals surface area contributed by atoms with E-state index in [4.69, 9.17) is 5.11 Å². The Bertz CT molecular complexity index is 426. The number of benzene rings is 1. The first-order valence-corrected chi connectivity index (χ1v) is 8.10. The van der Waals surface area contributed by atoms with Crippen molar-refractivity contribution < 1.29 is 15.0 Å². The first-order chi connectivity index (χ1) is 10.2. The first kappa shape index (κ1) is 17.7. The molecule has 0 bridgehead atoms. The number of unbranched alkanes of at least 4 members (excludes halogenated alkanes) is 5. The molecule has 118 valence electrons. The van der Waals surface area contributed by atoms with Crippen molar-refractivity contribution in [2.24, 2.45) is 0 Å². The number of aliphatic hydroxyl groups excluding tert-OH is 1. The molecule has 0 unspecified atom stereocenters. The molecular weight excluding hydrogens is 264 g/mol. The summed E-state index contributed by atoms with van der Waals surface area (Å²) in [5.41, 5.74) is 1.52. The topological polar surface area (TPSA) is 57.5 Å². The quantitative estimate of drug-likeness (QED) is 0.603. The number of aliphatic hydroxyl groups is 1. The zero-order chi connectivity index (χ0) is 15.5. The molecule has 0 aliphatic rings. The minimum Gasteiger partial charge on any atom is -0.508 e. The molecule has 0 atom stereocenters. The smallest absolute Gasteiger partial charge is 0.133 e. The SMILES string of the molecule is CCCCCCCCC(=O)CCc1ccc(O)c(CO)c1. The molecule has 0 aliphatic carbocycles. The van der Waals surface area contributed by atoms with E-state index in [2.05, 4.69) is 6.92 Å². The highest BCUT2D eigenvalue weighted by atomic mass is 16.3. The van der Waals surface area contributed by atoms with Crippen LogP contribution in [0.2, 0.25) is 0 Å². The van der Waals surface area contributed by atoms with Gasteiger partial charge in [0.1, 0.15) is 11.5 Å². The van der Waals surface area contributed by atoms with Crippen LogP contribution in [0.5, 0.6) is 5.75 Å². The van der Waals surface area contributed by atoms with E-state index in [0.717, 1.165) is 18.4 Å². The zero-order valence-electron chi connectivity index (χ0n) is 13.1. The number of Topliss-reactive ketones (excluding diaryl/α,β-unsaturated/α-hetero) is 1. The zero-order valence-corrected chi connectivity index (χ0v) is 13.1.